The van der Waals surface area contributed by atoms with E-state index in [9.17, 15) is 20.3 Å². The third-order valence-electron chi connectivity index (χ3n) is 3.28. The molecule has 0 spiro atoms. The molecule has 0 aromatic heterocycles. The molecule has 118 valence electrons. The highest BCUT2D eigenvalue weighted by molar-refractivity contribution is 5.85. The summed E-state index contributed by atoms with van der Waals surface area (Å²) in [5.41, 5.74) is 6.86. The van der Waals surface area contributed by atoms with Gasteiger partial charge in [0.15, 0.2) is 5.75 Å². The molecule has 2 rings (SSSR count). The highest BCUT2D eigenvalue weighted by Gasteiger charge is 2.21. The van der Waals surface area contributed by atoms with Crippen LogP contribution in [-0.4, -0.2) is 21.2 Å². The van der Waals surface area contributed by atoms with Crippen LogP contribution in [-0.2, 0) is 6.42 Å². The van der Waals surface area contributed by atoms with Crippen molar-refractivity contribution in [2.45, 2.75) is 18.6 Å². The number of hydrogen-bond acceptors (Lipinski definition) is 5. The number of phenols is 1. The molecule has 0 saturated heterocycles. The molecular formula is C15H17ClN2O4. The van der Waals surface area contributed by atoms with Crippen molar-refractivity contribution in [1.82, 2.24) is 0 Å². The Morgan fingerprint density at radius 3 is 2.41 bits per heavy atom. The van der Waals surface area contributed by atoms with Gasteiger partial charge in [0.2, 0.25) is 0 Å². The number of nitrogens with zero attached hydrogens (tertiary/aromatic N) is 1. The molecule has 0 heterocycles. The van der Waals surface area contributed by atoms with E-state index in [1.54, 1.807) is 0 Å². The number of benzene rings is 2. The number of aliphatic hydroxyl groups is 1. The summed E-state index contributed by atoms with van der Waals surface area (Å²) < 4.78 is 0. The second-order valence-electron chi connectivity index (χ2n) is 4.79. The number of nitro benzene ring substituents is 1. The first-order valence-electron chi connectivity index (χ1n) is 6.44. The van der Waals surface area contributed by atoms with Crippen molar-refractivity contribution in [3.63, 3.8) is 0 Å². The third kappa shape index (κ3) is 4.17. The van der Waals surface area contributed by atoms with Crippen LogP contribution in [0.2, 0.25) is 0 Å². The quantitative estimate of drug-likeness (QED) is 0.577. The summed E-state index contributed by atoms with van der Waals surface area (Å²) in [5, 5.41) is 30.4. The molecule has 2 aromatic carbocycles. The number of phenolic OH excluding ortho intramolecular Hbond substituents is 1. The highest BCUT2D eigenvalue weighted by atomic mass is 35.5. The van der Waals surface area contributed by atoms with Crippen LogP contribution >= 0.6 is 12.4 Å². The molecule has 4 N–H and O–H groups in total. The Labute approximate surface area is 133 Å². The first kappa shape index (κ1) is 17.9. The minimum atomic E-state index is -0.878. The summed E-state index contributed by atoms with van der Waals surface area (Å²) in [5.74, 6) is -0.423. The van der Waals surface area contributed by atoms with Crippen molar-refractivity contribution in [2.75, 3.05) is 0 Å². The Morgan fingerprint density at radius 1 is 1.18 bits per heavy atom. The Morgan fingerprint density at radius 2 is 1.82 bits per heavy atom. The molecule has 2 atom stereocenters. The molecule has 0 amide bonds. The molecule has 22 heavy (non-hydrogen) atoms. The maximum atomic E-state index is 10.8. The lowest BCUT2D eigenvalue weighted by Gasteiger charge is -2.19. The van der Waals surface area contributed by atoms with Crippen LogP contribution in [0.1, 0.15) is 17.2 Å². The van der Waals surface area contributed by atoms with Gasteiger partial charge in [-0.05, 0) is 17.2 Å². The number of aromatic hydroxyl groups is 1. The van der Waals surface area contributed by atoms with Crippen LogP contribution in [0.5, 0.6) is 5.75 Å². The van der Waals surface area contributed by atoms with Crippen molar-refractivity contribution >= 4 is 18.1 Å². The topological polar surface area (TPSA) is 110 Å². The first-order valence-corrected chi connectivity index (χ1v) is 6.44. The lowest BCUT2D eigenvalue weighted by molar-refractivity contribution is -0.385. The second kappa shape index (κ2) is 7.74. The van der Waals surface area contributed by atoms with E-state index in [1.165, 1.54) is 18.2 Å². The van der Waals surface area contributed by atoms with E-state index in [0.717, 1.165) is 5.56 Å². The minimum Gasteiger partial charge on any atom is -0.502 e. The number of nitro groups is 1. The first-order chi connectivity index (χ1) is 9.99. The number of nitrogens with two attached hydrogens (primary N) is 1. The SMILES string of the molecule is Cl.N[C@H](c1ccc(O)c([N+](=O)[O-])c1)[C@@H](O)Cc1ccccc1. The predicted molar refractivity (Wildman–Crippen MR) is 85.1 cm³/mol. The summed E-state index contributed by atoms with van der Waals surface area (Å²) in [4.78, 5) is 10.1. The molecule has 7 heteroatoms. The van der Waals surface area contributed by atoms with Gasteiger partial charge in [-0.1, -0.05) is 36.4 Å². The van der Waals surface area contributed by atoms with Crippen LogP contribution in [0.25, 0.3) is 0 Å². The Balaban J connectivity index is 0.00000242. The third-order valence-corrected chi connectivity index (χ3v) is 3.28. The van der Waals surface area contributed by atoms with E-state index in [4.69, 9.17) is 5.73 Å². The Bertz CT molecular complexity index is 637. The standard InChI is InChI=1S/C15H16N2O4.ClH/c16-15(14(19)8-10-4-2-1-3-5-10)11-6-7-13(18)12(9-11)17(20)21;/h1-7,9,14-15,18-19H,8,16H2;1H/t14-,15+;/m0./s1. The molecule has 0 bridgehead atoms. The molecule has 0 fully saturated rings. The average molecular weight is 325 g/mol. The van der Waals surface area contributed by atoms with Gasteiger partial charge in [-0.25, -0.2) is 0 Å². The van der Waals surface area contributed by atoms with Gasteiger partial charge in [0, 0.05) is 12.5 Å². The summed E-state index contributed by atoms with van der Waals surface area (Å²) in [6.45, 7) is 0. The fraction of sp³-hybridized carbons (Fsp3) is 0.200. The van der Waals surface area contributed by atoms with Gasteiger partial charge in [0.25, 0.3) is 0 Å². The van der Waals surface area contributed by atoms with Crippen molar-refractivity contribution < 1.29 is 15.1 Å². The van der Waals surface area contributed by atoms with E-state index >= 15 is 0 Å². The molecule has 0 aliphatic rings. The summed E-state index contributed by atoms with van der Waals surface area (Å²) in [6, 6.07) is 12.4. The Kier molecular flexibility index (Phi) is 6.30. The molecule has 6 nitrogen and oxygen atoms in total. The van der Waals surface area contributed by atoms with Crippen molar-refractivity contribution in [3.8, 4) is 5.75 Å². The molecule has 0 saturated carbocycles. The molecule has 0 aliphatic heterocycles. The normalized spacial score (nSPS) is 13.0. The number of rotatable bonds is 5. The van der Waals surface area contributed by atoms with Gasteiger partial charge in [-0.2, -0.15) is 0 Å². The zero-order valence-corrected chi connectivity index (χ0v) is 12.4. The van der Waals surface area contributed by atoms with E-state index < -0.39 is 28.5 Å². The van der Waals surface area contributed by atoms with Gasteiger partial charge < -0.3 is 15.9 Å². The number of aliphatic hydroxyl groups excluding tert-OH is 1. The molecule has 2 aromatic rings. The second-order valence-corrected chi connectivity index (χ2v) is 4.79. The molecule has 0 unspecified atom stereocenters. The maximum Gasteiger partial charge on any atom is 0.311 e. The average Bonchev–Trinajstić information content (AvgIpc) is 2.47. The summed E-state index contributed by atoms with van der Waals surface area (Å²) in [6.07, 6.45) is -0.534. The van der Waals surface area contributed by atoms with Gasteiger partial charge >= 0.3 is 5.69 Å². The van der Waals surface area contributed by atoms with Gasteiger partial charge in [0.05, 0.1) is 17.1 Å². The Hall–Kier alpha value is -2.15. The largest absolute Gasteiger partial charge is 0.502 e. The number of hydrogen-bond donors (Lipinski definition) is 3. The predicted octanol–water partition coefficient (Wildman–Crippen LogP) is 2.33. The smallest absolute Gasteiger partial charge is 0.311 e. The van der Waals surface area contributed by atoms with Crippen molar-refractivity contribution in [2.24, 2.45) is 5.73 Å². The fourth-order valence-corrected chi connectivity index (χ4v) is 2.10. The highest BCUT2D eigenvalue weighted by Crippen LogP contribution is 2.29. The summed E-state index contributed by atoms with van der Waals surface area (Å²) >= 11 is 0. The van der Waals surface area contributed by atoms with Crippen LogP contribution in [0.3, 0.4) is 0 Å². The number of halogens is 1. The summed E-state index contributed by atoms with van der Waals surface area (Å²) in [7, 11) is 0. The van der Waals surface area contributed by atoms with E-state index in [2.05, 4.69) is 0 Å². The minimum absolute atomic E-state index is 0. The molecular weight excluding hydrogens is 308 g/mol. The van der Waals surface area contributed by atoms with Gasteiger partial charge in [-0.15, -0.1) is 12.4 Å². The fourth-order valence-electron chi connectivity index (χ4n) is 2.10. The van der Waals surface area contributed by atoms with E-state index in [-0.39, 0.29) is 12.4 Å². The maximum absolute atomic E-state index is 10.8. The zero-order valence-electron chi connectivity index (χ0n) is 11.6. The van der Waals surface area contributed by atoms with Crippen LogP contribution in [0.15, 0.2) is 48.5 Å². The molecule has 0 radical (unpaired) electrons. The lowest BCUT2D eigenvalue weighted by Crippen LogP contribution is -2.28. The van der Waals surface area contributed by atoms with Crippen molar-refractivity contribution in [3.05, 3.63) is 69.8 Å². The van der Waals surface area contributed by atoms with E-state index in [1.807, 2.05) is 30.3 Å². The van der Waals surface area contributed by atoms with Gasteiger partial charge in [0.1, 0.15) is 0 Å². The molecule has 0 aliphatic carbocycles. The van der Waals surface area contributed by atoms with Gasteiger partial charge in [-0.3, -0.25) is 10.1 Å². The van der Waals surface area contributed by atoms with Crippen LogP contribution in [0, 0.1) is 10.1 Å². The van der Waals surface area contributed by atoms with E-state index in [0.29, 0.717) is 12.0 Å². The van der Waals surface area contributed by atoms with Crippen molar-refractivity contribution in [1.29, 1.82) is 0 Å². The monoisotopic (exact) mass is 324 g/mol. The zero-order chi connectivity index (χ0) is 15.4. The van der Waals surface area contributed by atoms with Crippen LogP contribution < -0.4 is 5.73 Å². The van der Waals surface area contributed by atoms with Crippen LogP contribution in [0.4, 0.5) is 5.69 Å². The lowest BCUT2D eigenvalue weighted by atomic mass is 9.96.